The predicted octanol–water partition coefficient (Wildman–Crippen LogP) is -0.746. The molecule has 5 heterocycles. The van der Waals surface area contributed by atoms with Gasteiger partial charge in [0.25, 0.3) is 11.8 Å². The van der Waals surface area contributed by atoms with Gasteiger partial charge in [0.1, 0.15) is 29.7 Å². The maximum absolute atomic E-state index is 13.0. The van der Waals surface area contributed by atoms with Crippen molar-refractivity contribution in [2.24, 2.45) is 5.16 Å². The molecule has 1 unspecified atom stereocenters. The summed E-state index contributed by atoms with van der Waals surface area (Å²) in [7, 11) is 1.26. The summed E-state index contributed by atoms with van der Waals surface area (Å²) in [6.45, 7) is -0.193. The van der Waals surface area contributed by atoms with Crippen LogP contribution < -0.4 is 20.7 Å². The lowest BCUT2D eigenvalue weighted by molar-refractivity contribution is -0.684. The zero-order valence-electron chi connectivity index (χ0n) is 20.4. The van der Waals surface area contributed by atoms with Gasteiger partial charge in [0.15, 0.2) is 27.6 Å². The van der Waals surface area contributed by atoms with Gasteiger partial charge in [-0.2, -0.15) is 4.57 Å². The first-order valence-corrected chi connectivity index (χ1v) is 15.0. The topological polar surface area (TPSA) is 204 Å². The van der Waals surface area contributed by atoms with Crippen molar-refractivity contribution in [2.75, 3.05) is 24.3 Å². The number of oxime groups is 1. The Morgan fingerprint density at radius 2 is 2.20 bits per heavy atom. The SMILES string of the molecule is CO/N=C(\C(=O)NC1C(=O)N2C(C(=O)[O-])=C(CSc3nc4c[n+](CC(=O)O)ccc4s3)CS[C@@H]12)c1csc(N)n1. The summed E-state index contributed by atoms with van der Waals surface area (Å²) in [4.78, 5) is 63.4. The summed E-state index contributed by atoms with van der Waals surface area (Å²) in [6.07, 6.45) is 3.29. The monoisotopic (exact) mass is 621 g/mol. The molecule has 18 heteroatoms. The fourth-order valence-corrected chi connectivity index (χ4v) is 8.12. The van der Waals surface area contributed by atoms with Gasteiger partial charge < -0.3 is 30.9 Å². The van der Waals surface area contributed by atoms with Gasteiger partial charge in [0.05, 0.1) is 16.4 Å². The largest absolute Gasteiger partial charge is 0.543 e. The first kappa shape index (κ1) is 27.8. The van der Waals surface area contributed by atoms with E-state index in [1.807, 2.05) is 0 Å². The van der Waals surface area contributed by atoms with Crippen LogP contribution in [0.4, 0.5) is 5.13 Å². The number of nitrogens with one attached hydrogen (secondary N) is 1. The highest BCUT2D eigenvalue weighted by molar-refractivity contribution is 8.02. The van der Waals surface area contributed by atoms with Crippen LogP contribution in [0.1, 0.15) is 5.69 Å². The number of hydrogen-bond donors (Lipinski definition) is 3. The minimum Gasteiger partial charge on any atom is -0.543 e. The van der Waals surface area contributed by atoms with Crippen LogP contribution in [0.25, 0.3) is 10.2 Å². The molecular weight excluding hydrogens is 603 g/mol. The number of carboxylic acids is 2. The first-order chi connectivity index (χ1) is 19.2. The number of anilines is 1. The summed E-state index contributed by atoms with van der Waals surface area (Å²) < 4.78 is 3.02. The summed E-state index contributed by atoms with van der Waals surface area (Å²) >= 11 is 5.12. The molecule has 1 saturated heterocycles. The molecule has 1 fully saturated rings. The Bertz CT molecular complexity index is 1600. The molecule has 0 saturated carbocycles. The van der Waals surface area contributed by atoms with E-state index in [0.29, 0.717) is 21.2 Å². The van der Waals surface area contributed by atoms with Gasteiger partial charge >= 0.3 is 5.97 Å². The molecule has 0 aromatic carbocycles. The van der Waals surface area contributed by atoms with Crippen LogP contribution in [-0.2, 0) is 30.6 Å². The van der Waals surface area contributed by atoms with Crippen molar-refractivity contribution in [3.63, 3.8) is 0 Å². The maximum Gasteiger partial charge on any atom is 0.370 e. The molecule has 0 bridgehead atoms. The zero-order chi connectivity index (χ0) is 28.6. The average molecular weight is 622 g/mol. The Labute approximate surface area is 241 Å². The molecule has 208 valence electrons. The van der Waals surface area contributed by atoms with Gasteiger partial charge in [-0.25, -0.2) is 14.8 Å². The Hall–Kier alpha value is -3.74. The van der Waals surface area contributed by atoms with E-state index in [4.69, 9.17) is 15.7 Å². The molecule has 0 spiro atoms. The number of thioether (sulfide) groups is 2. The van der Waals surface area contributed by atoms with Gasteiger partial charge in [0.2, 0.25) is 6.54 Å². The lowest BCUT2D eigenvalue weighted by atomic mass is 10.0. The lowest BCUT2D eigenvalue weighted by Crippen LogP contribution is -2.71. The number of fused-ring (bicyclic) bond motifs is 2. The fraction of sp³-hybridized carbons (Fsp3) is 0.273. The van der Waals surface area contributed by atoms with Gasteiger partial charge in [0, 0.05) is 23.0 Å². The predicted molar refractivity (Wildman–Crippen MR) is 145 cm³/mol. The third-order valence-corrected chi connectivity index (χ3v) is 10.0. The number of carbonyl (C=O) groups is 4. The maximum atomic E-state index is 13.0. The number of aliphatic carboxylic acids is 2. The molecule has 5 rings (SSSR count). The number of hydrogen-bond acceptors (Lipinski definition) is 14. The minimum atomic E-state index is -1.49. The summed E-state index contributed by atoms with van der Waals surface area (Å²) in [5, 5.41) is 28.5. The number of rotatable bonds is 10. The number of nitrogens with two attached hydrogens (primary N) is 1. The van der Waals surface area contributed by atoms with Crippen LogP contribution >= 0.6 is 46.2 Å². The van der Waals surface area contributed by atoms with Crippen molar-refractivity contribution >= 4 is 91.0 Å². The number of carbonyl (C=O) groups excluding carboxylic acids is 3. The molecule has 40 heavy (non-hydrogen) atoms. The molecule has 3 aromatic rings. The molecule has 2 atom stereocenters. The number of amides is 2. The quantitative estimate of drug-likeness (QED) is 0.0842. The van der Waals surface area contributed by atoms with E-state index >= 15 is 0 Å². The highest BCUT2D eigenvalue weighted by Crippen LogP contribution is 2.42. The van der Waals surface area contributed by atoms with E-state index in [0.717, 1.165) is 20.9 Å². The van der Waals surface area contributed by atoms with Gasteiger partial charge in [-0.05, 0) is 5.57 Å². The smallest absolute Gasteiger partial charge is 0.370 e. The molecule has 3 aromatic heterocycles. The van der Waals surface area contributed by atoms with Crippen molar-refractivity contribution in [3.8, 4) is 0 Å². The Balaban J connectivity index is 1.29. The summed E-state index contributed by atoms with van der Waals surface area (Å²) in [5.74, 6) is -3.23. The molecule has 4 N–H and O–H groups in total. The number of pyridine rings is 1. The van der Waals surface area contributed by atoms with Crippen LogP contribution in [-0.4, -0.2) is 79.5 Å². The summed E-state index contributed by atoms with van der Waals surface area (Å²) in [5.41, 5.74) is 6.55. The second-order valence-corrected chi connectivity index (χ2v) is 12.6. The van der Waals surface area contributed by atoms with Crippen molar-refractivity contribution in [1.29, 1.82) is 0 Å². The van der Waals surface area contributed by atoms with Crippen LogP contribution in [0.5, 0.6) is 0 Å². The van der Waals surface area contributed by atoms with E-state index in [-0.39, 0.29) is 34.5 Å². The van der Waals surface area contributed by atoms with E-state index in [9.17, 15) is 24.3 Å². The second kappa shape index (κ2) is 11.4. The minimum absolute atomic E-state index is 0.167. The van der Waals surface area contributed by atoms with Crippen LogP contribution in [0.15, 0.2) is 44.6 Å². The van der Waals surface area contributed by atoms with E-state index in [1.165, 1.54) is 51.9 Å². The molecule has 14 nitrogen and oxygen atoms in total. The molecule has 2 aliphatic heterocycles. The van der Waals surface area contributed by atoms with Gasteiger partial charge in [-0.15, -0.1) is 34.4 Å². The Kier molecular flexibility index (Phi) is 7.92. The highest BCUT2D eigenvalue weighted by Gasteiger charge is 2.53. The van der Waals surface area contributed by atoms with Crippen LogP contribution in [0.3, 0.4) is 0 Å². The number of thiazole rings is 2. The van der Waals surface area contributed by atoms with Crippen molar-refractivity contribution in [3.05, 3.63) is 40.8 Å². The highest BCUT2D eigenvalue weighted by atomic mass is 32.2. The third kappa shape index (κ3) is 5.47. The van der Waals surface area contributed by atoms with Gasteiger partial charge in [-0.1, -0.05) is 16.9 Å². The van der Waals surface area contributed by atoms with Crippen LogP contribution in [0, 0.1) is 0 Å². The third-order valence-electron chi connectivity index (χ3n) is 5.74. The second-order valence-electron chi connectivity index (χ2n) is 8.32. The van der Waals surface area contributed by atoms with Crippen molar-refractivity contribution < 1.29 is 38.8 Å². The van der Waals surface area contributed by atoms with Crippen LogP contribution in [0.2, 0.25) is 0 Å². The van der Waals surface area contributed by atoms with Crippen molar-refractivity contribution in [1.82, 2.24) is 20.2 Å². The standard InChI is InChI=1S/C22H19N7O7S4/c1-36-27-14(11-8-38-21(23)24-11)17(32)26-15-18(33)29-16(20(34)35)9(6-37-19(15)29)7-39-22-25-10-4-28(5-13(30)31)3-2-12(10)40-22/h2-4,8,15,19H,5-7H2,1H3,(H4-,23,24,26,30,31,32,34,35)/b27-14-/t15?,19-/m0/s1. The zero-order valence-corrected chi connectivity index (χ0v) is 23.7. The molecular formula is C22H19N7O7S4. The number of carboxylic acid groups (broad SMARTS) is 2. The average Bonchev–Trinajstić information content (AvgIpc) is 3.53. The number of nitrogens with zero attached hydrogens (tertiary/aromatic N) is 5. The van der Waals surface area contributed by atoms with E-state index in [1.54, 1.807) is 18.5 Å². The molecule has 2 amide bonds. The molecule has 0 radical (unpaired) electrons. The molecule has 0 aliphatic carbocycles. The Morgan fingerprint density at radius 3 is 2.88 bits per heavy atom. The summed E-state index contributed by atoms with van der Waals surface area (Å²) in [6, 6.07) is 0.785. The lowest BCUT2D eigenvalue weighted by Gasteiger charge is -2.50. The van der Waals surface area contributed by atoms with Gasteiger partial charge in [-0.3, -0.25) is 14.5 Å². The first-order valence-electron chi connectivity index (χ1n) is 11.3. The molecule has 2 aliphatic rings. The fourth-order valence-electron chi connectivity index (χ4n) is 4.05. The normalized spacial score (nSPS) is 18.9. The van der Waals surface area contributed by atoms with E-state index < -0.39 is 35.2 Å². The number of β-lactam (4-membered cyclic amide) rings is 1. The van der Waals surface area contributed by atoms with Crippen molar-refractivity contribution in [2.45, 2.75) is 22.3 Å². The Morgan fingerprint density at radius 1 is 1.40 bits per heavy atom. The number of aromatic nitrogens is 3. The van der Waals surface area contributed by atoms with E-state index in [2.05, 4.69) is 20.4 Å². The number of nitrogen functional groups attached to an aromatic ring is 1.